The van der Waals surface area contributed by atoms with Gasteiger partial charge in [0.15, 0.2) is 0 Å². The Hall–Kier alpha value is -1.73. The number of aromatic nitrogens is 3. The quantitative estimate of drug-likeness (QED) is 0.804. The Bertz CT molecular complexity index is 695. The van der Waals surface area contributed by atoms with Gasteiger partial charge in [-0.05, 0) is 33.2 Å². The van der Waals surface area contributed by atoms with E-state index in [9.17, 15) is 4.79 Å². The zero-order chi connectivity index (χ0) is 17.1. The standard InChI is InChI=1S/C17H25N5OS/c1-4-22-10-15(7-19-22)17(23)21-6-5-14(9-21)8-20(3)11-16-13(2)18-12-24-16/h7,10,12,14H,4-6,8-9,11H2,1-3H3. The third-order valence-corrected chi connectivity index (χ3v) is 5.53. The van der Waals surface area contributed by atoms with E-state index in [4.69, 9.17) is 0 Å². The summed E-state index contributed by atoms with van der Waals surface area (Å²) in [4.78, 5) is 22.5. The van der Waals surface area contributed by atoms with Crippen LogP contribution in [0.1, 0.15) is 34.3 Å². The highest BCUT2D eigenvalue weighted by atomic mass is 32.1. The third kappa shape index (κ3) is 3.84. The predicted molar refractivity (Wildman–Crippen MR) is 95.1 cm³/mol. The highest BCUT2D eigenvalue weighted by Gasteiger charge is 2.28. The average molecular weight is 347 g/mol. The fraction of sp³-hybridized carbons (Fsp3) is 0.588. The lowest BCUT2D eigenvalue weighted by Gasteiger charge is -2.21. The van der Waals surface area contributed by atoms with Gasteiger partial charge in [-0.3, -0.25) is 9.48 Å². The van der Waals surface area contributed by atoms with Crippen molar-refractivity contribution in [2.45, 2.75) is 33.4 Å². The van der Waals surface area contributed by atoms with Crippen LogP contribution in [-0.4, -0.2) is 57.2 Å². The first-order valence-electron chi connectivity index (χ1n) is 8.46. The number of hydrogen-bond acceptors (Lipinski definition) is 5. The molecule has 1 saturated heterocycles. The molecule has 1 aliphatic heterocycles. The molecule has 24 heavy (non-hydrogen) atoms. The molecule has 1 unspecified atom stereocenters. The molecule has 1 aliphatic rings. The second-order valence-corrected chi connectivity index (χ2v) is 7.49. The number of hydrogen-bond donors (Lipinski definition) is 0. The van der Waals surface area contributed by atoms with Crippen LogP contribution in [0.15, 0.2) is 17.9 Å². The molecule has 0 N–H and O–H groups in total. The molecule has 3 heterocycles. The minimum atomic E-state index is 0.109. The maximum Gasteiger partial charge on any atom is 0.257 e. The first-order valence-corrected chi connectivity index (χ1v) is 9.34. The normalized spacial score (nSPS) is 17.8. The number of amides is 1. The van der Waals surface area contributed by atoms with Crippen molar-refractivity contribution in [2.24, 2.45) is 5.92 Å². The van der Waals surface area contributed by atoms with Gasteiger partial charge >= 0.3 is 0 Å². The van der Waals surface area contributed by atoms with E-state index in [2.05, 4.69) is 29.0 Å². The van der Waals surface area contributed by atoms with Gasteiger partial charge in [0, 0.05) is 43.8 Å². The monoisotopic (exact) mass is 347 g/mol. The first-order chi connectivity index (χ1) is 11.6. The van der Waals surface area contributed by atoms with Gasteiger partial charge in [0.05, 0.1) is 23.0 Å². The summed E-state index contributed by atoms with van der Waals surface area (Å²) in [5, 5.41) is 4.20. The number of nitrogens with zero attached hydrogens (tertiary/aromatic N) is 5. The molecule has 0 aromatic carbocycles. The number of likely N-dealkylation sites (tertiary alicyclic amines) is 1. The molecule has 2 aromatic heterocycles. The third-order valence-electron chi connectivity index (χ3n) is 4.61. The maximum absolute atomic E-state index is 12.6. The Labute approximate surface area is 147 Å². The smallest absolute Gasteiger partial charge is 0.257 e. The molecule has 0 radical (unpaired) electrons. The van der Waals surface area contributed by atoms with Crippen molar-refractivity contribution in [1.29, 1.82) is 0 Å². The SMILES string of the molecule is CCn1cc(C(=O)N2CCC(CN(C)Cc3scnc3C)C2)cn1. The van der Waals surface area contributed by atoms with E-state index in [0.29, 0.717) is 11.5 Å². The molecule has 130 valence electrons. The van der Waals surface area contributed by atoms with E-state index in [1.54, 1.807) is 22.2 Å². The zero-order valence-corrected chi connectivity index (χ0v) is 15.4. The van der Waals surface area contributed by atoms with E-state index in [1.807, 2.05) is 23.5 Å². The highest BCUT2D eigenvalue weighted by molar-refractivity contribution is 7.09. The fourth-order valence-electron chi connectivity index (χ4n) is 3.22. The Morgan fingerprint density at radius 3 is 3.00 bits per heavy atom. The summed E-state index contributed by atoms with van der Waals surface area (Å²) in [5.74, 6) is 0.645. The van der Waals surface area contributed by atoms with Gasteiger partial charge in [0.2, 0.25) is 0 Å². The van der Waals surface area contributed by atoms with Gasteiger partial charge in [-0.25, -0.2) is 4.98 Å². The van der Waals surface area contributed by atoms with Gasteiger partial charge in [0.1, 0.15) is 0 Å². The topological polar surface area (TPSA) is 54.3 Å². The molecule has 1 fully saturated rings. The van der Waals surface area contributed by atoms with Crippen molar-refractivity contribution < 1.29 is 4.79 Å². The van der Waals surface area contributed by atoms with E-state index >= 15 is 0 Å². The molecule has 2 aromatic rings. The van der Waals surface area contributed by atoms with Crippen LogP contribution in [0.25, 0.3) is 0 Å². The van der Waals surface area contributed by atoms with Crippen LogP contribution in [0.5, 0.6) is 0 Å². The van der Waals surface area contributed by atoms with E-state index in [0.717, 1.165) is 44.8 Å². The molecule has 7 heteroatoms. The molecular weight excluding hydrogens is 322 g/mol. The van der Waals surface area contributed by atoms with Gasteiger partial charge in [-0.2, -0.15) is 5.10 Å². The highest BCUT2D eigenvalue weighted by Crippen LogP contribution is 2.21. The fourth-order valence-corrected chi connectivity index (χ4v) is 4.08. The lowest BCUT2D eigenvalue weighted by molar-refractivity contribution is 0.0784. The lowest BCUT2D eigenvalue weighted by atomic mass is 10.1. The van der Waals surface area contributed by atoms with Crippen molar-refractivity contribution in [1.82, 2.24) is 24.6 Å². The van der Waals surface area contributed by atoms with E-state index in [-0.39, 0.29) is 5.91 Å². The number of aryl methyl sites for hydroxylation is 2. The predicted octanol–water partition coefficient (Wildman–Crippen LogP) is 2.26. The molecule has 0 aliphatic carbocycles. The molecular formula is C17H25N5OS. The molecule has 1 amide bonds. The largest absolute Gasteiger partial charge is 0.338 e. The summed E-state index contributed by atoms with van der Waals surface area (Å²) in [6.07, 6.45) is 4.59. The van der Waals surface area contributed by atoms with Crippen molar-refractivity contribution in [3.63, 3.8) is 0 Å². The number of rotatable bonds is 6. The minimum absolute atomic E-state index is 0.109. The Balaban J connectivity index is 1.51. The summed E-state index contributed by atoms with van der Waals surface area (Å²) in [6, 6.07) is 0. The Kier molecular flexibility index (Phi) is 5.30. The van der Waals surface area contributed by atoms with Crippen LogP contribution in [0.2, 0.25) is 0 Å². The summed E-state index contributed by atoms with van der Waals surface area (Å²) in [5.41, 5.74) is 3.74. The number of thiazole rings is 1. The van der Waals surface area contributed by atoms with Crippen molar-refractivity contribution in [3.05, 3.63) is 34.0 Å². The second-order valence-electron chi connectivity index (χ2n) is 6.55. The maximum atomic E-state index is 12.6. The van der Waals surface area contributed by atoms with Crippen LogP contribution in [0.4, 0.5) is 0 Å². The summed E-state index contributed by atoms with van der Waals surface area (Å²) >= 11 is 1.72. The minimum Gasteiger partial charge on any atom is -0.338 e. The molecule has 6 nitrogen and oxygen atoms in total. The Morgan fingerprint density at radius 2 is 2.33 bits per heavy atom. The van der Waals surface area contributed by atoms with Gasteiger partial charge in [-0.1, -0.05) is 0 Å². The Morgan fingerprint density at radius 1 is 1.50 bits per heavy atom. The summed E-state index contributed by atoms with van der Waals surface area (Å²) in [6.45, 7) is 8.49. The molecule has 1 atom stereocenters. The van der Waals surface area contributed by atoms with Crippen molar-refractivity contribution in [3.8, 4) is 0 Å². The molecule has 0 saturated carbocycles. The lowest BCUT2D eigenvalue weighted by Crippen LogP contribution is -2.31. The van der Waals surface area contributed by atoms with Crippen molar-refractivity contribution >= 4 is 17.2 Å². The summed E-state index contributed by atoms with van der Waals surface area (Å²) < 4.78 is 1.80. The molecule has 0 spiro atoms. The van der Waals surface area contributed by atoms with Crippen LogP contribution < -0.4 is 0 Å². The zero-order valence-electron chi connectivity index (χ0n) is 14.6. The number of carbonyl (C=O) groups excluding carboxylic acids is 1. The van der Waals surface area contributed by atoms with Crippen LogP contribution in [0.3, 0.4) is 0 Å². The van der Waals surface area contributed by atoms with Crippen LogP contribution in [0, 0.1) is 12.8 Å². The first kappa shape index (κ1) is 17.1. The van der Waals surface area contributed by atoms with Crippen LogP contribution >= 0.6 is 11.3 Å². The molecule has 0 bridgehead atoms. The average Bonchev–Trinajstić information content (AvgIpc) is 3.29. The summed E-state index contributed by atoms with van der Waals surface area (Å²) in [7, 11) is 2.15. The van der Waals surface area contributed by atoms with E-state index in [1.165, 1.54) is 4.88 Å². The van der Waals surface area contributed by atoms with E-state index < -0.39 is 0 Å². The van der Waals surface area contributed by atoms with Crippen LogP contribution in [-0.2, 0) is 13.1 Å². The van der Waals surface area contributed by atoms with Gasteiger partial charge < -0.3 is 9.80 Å². The van der Waals surface area contributed by atoms with Gasteiger partial charge in [-0.15, -0.1) is 11.3 Å². The van der Waals surface area contributed by atoms with Gasteiger partial charge in [0.25, 0.3) is 5.91 Å². The van der Waals surface area contributed by atoms with Crippen molar-refractivity contribution in [2.75, 3.05) is 26.7 Å². The molecule has 3 rings (SSSR count). The second kappa shape index (κ2) is 7.44. The number of carbonyl (C=O) groups is 1.